The highest BCUT2D eigenvalue weighted by Crippen LogP contribution is 2.33. The Kier molecular flexibility index (Phi) is 7.60. The zero-order valence-corrected chi connectivity index (χ0v) is 17.2. The van der Waals surface area contributed by atoms with Gasteiger partial charge in [0.15, 0.2) is 11.5 Å². The second-order valence-corrected chi connectivity index (χ2v) is 6.74. The molecule has 2 aromatic rings. The van der Waals surface area contributed by atoms with Gasteiger partial charge in [-0.2, -0.15) is 0 Å². The second-order valence-electron chi connectivity index (χ2n) is 5.47. The maximum atomic E-state index is 12.4. The molecule has 0 heterocycles. The molecule has 0 fully saturated rings. The monoisotopic (exact) mass is 441 g/mol. The minimum absolute atomic E-state index is 0.210. The Morgan fingerprint density at radius 3 is 2.42 bits per heavy atom. The first-order valence-corrected chi connectivity index (χ1v) is 9.28. The number of amides is 1. The molecule has 1 N–H and O–H groups in total. The van der Waals surface area contributed by atoms with Crippen LogP contribution < -0.4 is 19.5 Å². The van der Waals surface area contributed by atoms with E-state index in [0.717, 1.165) is 16.5 Å². The van der Waals surface area contributed by atoms with E-state index in [0.29, 0.717) is 34.4 Å². The van der Waals surface area contributed by atoms with Gasteiger partial charge in [0, 0.05) is 23.2 Å². The van der Waals surface area contributed by atoms with Gasteiger partial charge < -0.3 is 19.5 Å². The summed E-state index contributed by atoms with van der Waals surface area (Å²) in [4.78, 5) is 12.4. The fraction of sp³-hybridized carbons (Fsp3) is 0.316. The third kappa shape index (κ3) is 5.05. The zero-order valence-electron chi connectivity index (χ0n) is 14.9. The van der Waals surface area contributed by atoms with E-state index in [1.54, 1.807) is 44.6 Å². The van der Waals surface area contributed by atoms with Crippen LogP contribution in [0.2, 0.25) is 5.02 Å². The van der Waals surface area contributed by atoms with Crippen LogP contribution in [0.15, 0.2) is 34.8 Å². The van der Waals surface area contributed by atoms with Gasteiger partial charge in [0.05, 0.1) is 25.3 Å². The van der Waals surface area contributed by atoms with Gasteiger partial charge in [-0.15, -0.1) is 0 Å². The molecule has 140 valence electrons. The molecule has 2 rings (SSSR count). The van der Waals surface area contributed by atoms with Gasteiger partial charge in [-0.25, -0.2) is 0 Å². The van der Waals surface area contributed by atoms with Gasteiger partial charge >= 0.3 is 0 Å². The van der Waals surface area contributed by atoms with E-state index in [1.807, 2.05) is 6.92 Å². The molecule has 0 saturated carbocycles. The Labute approximate surface area is 166 Å². The van der Waals surface area contributed by atoms with Crippen molar-refractivity contribution in [3.8, 4) is 17.2 Å². The van der Waals surface area contributed by atoms with Crippen molar-refractivity contribution in [2.75, 3.05) is 20.8 Å². The van der Waals surface area contributed by atoms with Crippen LogP contribution in [-0.4, -0.2) is 26.7 Å². The molecule has 0 radical (unpaired) electrons. The zero-order chi connectivity index (χ0) is 19.1. The summed E-state index contributed by atoms with van der Waals surface area (Å²) in [5.41, 5.74) is 1.26. The topological polar surface area (TPSA) is 56.8 Å². The average molecular weight is 443 g/mol. The van der Waals surface area contributed by atoms with Crippen LogP contribution in [0.5, 0.6) is 17.2 Å². The van der Waals surface area contributed by atoms with E-state index in [9.17, 15) is 4.79 Å². The van der Waals surface area contributed by atoms with Crippen LogP contribution in [0.4, 0.5) is 0 Å². The maximum Gasteiger partial charge on any atom is 0.251 e. The number of benzene rings is 2. The Morgan fingerprint density at radius 1 is 1.12 bits per heavy atom. The molecule has 7 heteroatoms. The summed E-state index contributed by atoms with van der Waals surface area (Å²) in [5.74, 6) is 1.60. The van der Waals surface area contributed by atoms with E-state index in [2.05, 4.69) is 21.2 Å². The maximum absolute atomic E-state index is 12.4. The van der Waals surface area contributed by atoms with Crippen LogP contribution in [0, 0.1) is 0 Å². The first kappa shape index (κ1) is 20.4. The molecule has 0 aromatic heterocycles. The number of nitrogens with one attached hydrogen (secondary N) is 1. The molecule has 1 amide bonds. The number of hydrogen-bond acceptors (Lipinski definition) is 4. The summed E-state index contributed by atoms with van der Waals surface area (Å²) in [6.07, 6.45) is 0.917. The Hall–Kier alpha value is -1.92. The highest BCUT2D eigenvalue weighted by atomic mass is 79.9. The van der Waals surface area contributed by atoms with Crippen molar-refractivity contribution in [3.63, 3.8) is 0 Å². The van der Waals surface area contributed by atoms with Crippen molar-refractivity contribution in [1.29, 1.82) is 0 Å². The molecule has 5 nitrogen and oxygen atoms in total. The molecule has 0 aliphatic carbocycles. The first-order valence-electron chi connectivity index (χ1n) is 8.11. The quantitative estimate of drug-likeness (QED) is 0.636. The normalized spacial score (nSPS) is 10.3. The number of methoxy groups -OCH3 is 2. The van der Waals surface area contributed by atoms with Crippen molar-refractivity contribution in [2.45, 2.75) is 19.9 Å². The molecule has 26 heavy (non-hydrogen) atoms. The third-order valence-electron chi connectivity index (χ3n) is 3.65. The smallest absolute Gasteiger partial charge is 0.251 e. The fourth-order valence-corrected chi connectivity index (χ4v) is 2.99. The molecule has 0 unspecified atom stereocenters. The Morgan fingerprint density at radius 2 is 1.81 bits per heavy atom. The number of rotatable bonds is 8. The summed E-state index contributed by atoms with van der Waals surface area (Å²) in [6.45, 7) is 2.93. The average Bonchev–Trinajstić information content (AvgIpc) is 2.65. The number of halogens is 2. The SMILES string of the molecule is CCCOc1ccc(C(=O)NCc2cc(OC)c(OC)cc2Cl)cc1Br. The number of hydrogen-bond donors (Lipinski definition) is 1. The van der Waals surface area contributed by atoms with E-state index in [4.69, 9.17) is 25.8 Å². The summed E-state index contributed by atoms with van der Waals surface area (Å²) < 4.78 is 16.8. The predicted molar refractivity (Wildman–Crippen MR) is 106 cm³/mol. The van der Waals surface area contributed by atoms with Crippen molar-refractivity contribution < 1.29 is 19.0 Å². The van der Waals surface area contributed by atoms with Crippen LogP contribution in [-0.2, 0) is 6.54 Å². The molecule has 0 bridgehead atoms. The minimum atomic E-state index is -0.210. The van der Waals surface area contributed by atoms with E-state index in [-0.39, 0.29) is 12.5 Å². The van der Waals surface area contributed by atoms with Gasteiger partial charge in [-0.3, -0.25) is 4.79 Å². The lowest BCUT2D eigenvalue weighted by Crippen LogP contribution is -2.23. The lowest BCUT2D eigenvalue weighted by atomic mass is 10.1. The van der Waals surface area contributed by atoms with Gasteiger partial charge in [-0.05, 0) is 52.2 Å². The van der Waals surface area contributed by atoms with Crippen molar-refractivity contribution >= 4 is 33.4 Å². The summed E-state index contributed by atoms with van der Waals surface area (Å²) in [6, 6.07) is 8.65. The summed E-state index contributed by atoms with van der Waals surface area (Å²) >= 11 is 9.68. The molecule has 0 aliphatic heterocycles. The van der Waals surface area contributed by atoms with Crippen molar-refractivity contribution in [3.05, 3.63) is 51.0 Å². The standard InChI is InChI=1S/C19H21BrClNO4/c1-4-7-26-16-6-5-12(8-14(16)20)19(23)22-11-13-9-17(24-2)18(25-3)10-15(13)21/h5-6,8-10H,4,7,11H2,1-3H3,(H,22,23). The largest absolute Gasteiger partial charge is 0.493 e. The molecule has 0 spiro atoms. The molecule has 2 aromatic carbocycles. The predicted octanol–water partition coefficient (Wildman–Crippen LogP) is 4.84. The molecular weight excluding hydrogens is 422 g/mol. The fourth-order valence-electron chi connectivity index (χ4n) is 2.28. The lowest BCUT2D eigenvalue weighted by molar-refractivity contribution is 0.0951. The molecular formula is C19H21BrClNO4. The Balaban J connectivity index is 2.08. The highest BCUT2D eigenvalue weighted by Gasteiger charge is 2.13. The van der Waals surface area contributed by atoms with Gasteiger partial charge in [0.1, 0.15) is 5.75 Å². The molecule has 0 aliphatic rings. The van der Waals surface area contributed by atoms with Crippen molar-refractivity contribution in [2.24, 2.45) is 0 Å². The van der Waals surface area contributed by atoms with Crippen LogP contribution in [0.1, 0.15) is 29.3 Å². The number of carbonyl (C=O) groups excluding carboxylic acids is 1. The third-order valence-corrected chi connectivity index (χ3v) is 4.62. The Bertz CT molecular complexity index is 782. The van der Waals surface area contributed by atoms with E-state index < -0.39 is 0 Å². The minimum Gasteiger partial charge on any atom is -0.493 e. The van der Waals surface area contributed by atoms with Crippen LogP contribution in [0.3, 0.4) is 0 Å². The van der Waals surface area contributed by atoms with Gasteiger partial charge in [-0.1, -0.05) is 18.5 Å². The van der Waals surface area contributed by atoms with Gasteiger partial charge in [0.25, 0.3) is 5.91 Å². The number of ether oxygens (including phenoxy) is 3. The van der Waals surface area contributed by atoms with E-state index >= 15 is 0 Å². The van der Waals surface area contributed by atoms with Gasteiger partial charge in [0.2, 0.25) is 0 Å². The summed E-state index contributed by atoms with van der Waals surface area (Å²) in [7, 11) is 3.09. The highest BCUT2D eigenvalue weighted by molar-refractivity contribution is 9.10. The second kappa shape index (κ2) is 9.69. The number of carbonyl (C=O) groups is 1. The molecule has 0 saturated heterocycles. The van der Waals surface area contributed by atoms with Crippen LogP contribution >= 0.6 is 27.5 Å². The van der Waals surface area contributed by atoms with E-state index in [1.165, 1.54) is 0 Å². The lowest BCUT2D eigenvalue weighted by Gasteiger charge is -2.13. The van der Waals surface area contributed by atoms with Crippen LogP contribution in [0.25, 0.3) is 0 Å². The summed E-state index contributed by atoms with van der Waals surface area (Å²) in [5, 5.41) is 3.35. The first-order chi connectivity index (χ1) is 12.5. The molecule has 0 atom stereocenters. The van der Waals surface area contributed by atoms with Crippen molar-refractivity contribution in [1.82, 2.24) is 5.32 Å².